The van der Waals surface area contributed by atoms with Gasteiger partial charge in [-0.25, -0.2) is 0 Å². The van der Waals surface area contributed by atoms with Gasteiger partial charge in [0.1, 0.15) is 11.5 Å². The van der Waals surface area contributed by atoms with E-state index in [0.29, 0.717) is 25.1 Å². The monoisotopic (exact) mass is 325 g/mol. The first-order valence-corrected chi connectivity index (χ1v) is 8.88. The lowest BCUT2D eigenvalue weighted by Gasteiger charge is -2.29. The van der Waals surface area contributed by atoms with Gasteiger partial charge in [0, 0.05) is 18.5 Å². The molecule has 0 aliphatic carbocycles. The van der Waals surface area contributed by atoms with Crippen LogP contribution in [-0.4, -0.2) is 30.6 Å². The Bertz CT molecular complexity index is 635. The summed E-state index contributed by atoms with van der Waals surface area (Å²) in [5, 5.41) is 0. The van der Waals surface area contributed by atoms with Crippen LogP contribution in [0.25, 0.3) is 0 Å². The SMILES string of the molecule is CC(=O)CCc1ccc(OS(=O)(=O)N2CCCC2(C)C)cc1. The predicted octanol–water partition coefficient (Wildman–Crippen LogP) is 2.71. The summed E-state index contributed by atoms with van der Waals surface area (Å²) >= 11 is 0. The van der Waals surface area contributed by atoms with Crippen LogP contribution in [0.2, 0.25) is 0 Å². The highest BCUT2D eigenvalue weighted by molar-refractivity contribution is 7.84. The zero-order chi connectivity index (χ0) is 16.4. The van der Waals surface area contributed by atoms with E-state index in [-0.39, 0.29) is 5.78 Å². The summed E-state index contributed by atoms with van der Waals surface area (Å²) in [4.78, 5) is 11.0. The first-order chi connectivity index (χ1) is 10.2. The Labute approximate surface area is 132 Å². The predicted molar refractivity (Wildman–Crippen MR) is 85.0 cm³/mol. The Balaban J connectivity index is 2.05. The normalized spacial score (nSPS) is 18.3. The molecule has 122 valence electrons. The van der Waals surface area contributed by atoms with Crippen LogP contribution >= 0.6 is 0 Å². The number of aryl methyl sites for hydroxylation is 1. The van der Waals surface area contributed by atoms with E-state index in [1.54, 1.807) is 31.2 Å². The van der Waals surface area contributed by atoms with Crippen molar-refractivity contribution < 1.29 is 17.4 Å². The summed E-state index contributed by atoms with van der Waals surface area (Å²) in [6.07, 6.45) is 2.82. The van der Waals surface area contributed by atoms with E-state index in [4.69, 9.17) is 4.18 Å². The van der Waals surface area contributed by atoms with Gasteiger partial charge in [-0.2, -0.15) is 12.7 Å². The smallest absolute Gasteiger partial charge is 0.371 e. The first-order valence-electron chi connectivity index (χ1n) is 7.51. The van der Waals surface area contributed by atoms with Crippen LogP contribution < -0.4 is 4.18 Å². The van der Waals surface area contributed by atoms with Crippen LogP contribution in [-0.2, 0) is 21.5 Å². The van der Waals surface area contributed by atoms with Gasteiger partial charge in [0.05, 0.1) is 0 Å². The summed E-state index contributed by atoms with van der Waals surface area (Å²) in [7, 11) is -3.78. The van der Waals surface area contributed by atoms with Gasteiger partial charge < -0.3 is 8.98 Å². The molecule has 1 aliphatic rings. The van der Waals surface area contributed by atoms with Crippen LogP contribution in [0.1, 0.15) is 45.6 Å². The van der Waals surface area contributed by atoms with Crippen LogP contribution in [0.3, 0.4) is 0 Å². The molecule has 0 unspecified atom stereocenters. The Hall–Kier alpha value is -1.40. The van der Waals surface area contributed by atoms with E-state index in [2.05, 4.69) is 0 Å². The van der Waals surface area contributed by atoms with Gasteiger partial charge in [0.15, 0.2) is 0 Å². The van der Waals surface area contributed by atoms with Gasteiger partial charge in [0.25, 0.3) is 0 Å². The molecule has 0 spiro atoms. The topological polar surface area (TPSA) is 63.7 Å². The van der Waals surface area contributed by atoms with E-state index in [0.717, 1.165) is 18.4 Å². The van der Waals surface area contributed by atoms with E-state index >= 15 is 0 Å². The minimum absolute atomic E-state index is 0.138. The molecular formula is C16H23NO4S. The minimum Gasteiger partial charge on any atom is -0.371 e. The Kier molecular flexibility index (Phi) is 4.92. The van der Waals surface area contributed by atoms with Gasteiger partial charge >= 0.3 is 10.3 Å². The van der Waals surface area contributed by atoms with Crippen molar-refractivity contribution >= 4 is 16.1 Å². The maximum absolute atomic E-state index is 12.4. The number of carbonyl (C=O) groups is 1. The first kappa shape index (κ1) is 17.0. The second-order valence-electron chi connectivity index (χ2n) is 6.38. The number of carbonyl (C=O) groups excluding carboxylic acids is 1. The quantitative estimate of drug-likeness (QED) is 0.807. The molecule has 2 rings (SSSR count). The minimum atomic E-state index is -3.78. The van der Waals surface area contributed by atoms with Crippen LogP contribution in [0.15, 0.2) is 24.3 Å². The highest BCUT2D eigenvalue weighted by atomic mass is 32.2. The van der Waals surface area contributed by atoms with Crippen LogP contribution in [0.4, 0.5) is 0 Å². The van der Waals surface area contributed by atoms with Gasteiger partial charge in [-0.15, -0.1) is 0 Å². The third kappa shape index (κ3) is 4.08. The molecule has 0 atom stereocenters. The number of rotatable bonds is 6. The van der Waals surface area contributed by atoms with E-state index in [9.17, 15) is 13.2 Å². The summed E-state index contributed by atoms with van der Waals surface area (Å²) in [5.74, 6) is 0.438. The second kappa shape index (κ2) is 6.38. The lowest BCUT2D eigenvalue weighted by atomic mass is 10.0. The molecule has 0 aromatic heterocycles. The second-order valence-corrected chi connectivity index (χ2v) is 7.84. The molecule has 6 heteroatoms. The summed E-state index contributed by atoms with van der Waals surface area (Å²) < 4.78 is 31.4. The number of Topliss-reactive ketones (excluding diaryl/α,β-unsaturated/α-hetero) is 1. The van der Waals surface area contributed by atoms with Crippen molar-refractivity contribution in [3.63, 3.8) is 0 Å². The van der Waals surface area contributed by atoms with E-state index in [1.807, 2.05) is 13.8 Å². The molecule has 1 aliphatic heterocycles. The number of benzene rings is 1. The zero-order valence-corrected chi connectivity index (χ0v) is 14.1. The molecule has 1 saturated heterocycles. The maximum Gasteiger partial charge on any atom is 0.385 e. The number of nitrogens with zero attached hydrogens (tertiary/aromatic N) is 1. The Morgan fingerprint density at radius 1 is 1.27 bits per heavy atom. The number of hydrogen-bond donors (Lipinski definition) is 0. The van der Waals surface area contributed by atoms with Crippen molar-refractivity contribution in [3.05, 3.63) is 29.8 Å². The lowest BCUT2D eigenvalue weighted by molar-refractivity contribution is -0.116. The molecule has 1 fully saturated rings. The third-order valence-electron chi connectivity index (χ3n) is 3.99. The third-order valence-corrected chi connectivity index (χ3v) is 5.61. The molecule has 0 bridgehead atoms. The fourth-order valence-electron chi connectivity index (χ4n) is 2.70. The van der Waals surface area contributed by atoms with Crippen molar-refractivity contribution in [1.29, 1.82) is 0 Å². The van der Waals surface area contributed by atoms with Gasteiger partial charge in [0.2, 0.25) is 0 Å². The van der Waals surface area contributed by atoms with Gasteiger partial charge in [-0.1, -0.05) is 12.1 Å². The average Bonchev–Trinajstić information content (AvgIpc) is 2.78. The highest BCUT2D eigenvalue weighted by Gasteiger charge is 2.41. The molecule has 22 heavy (non-hydrogen) atoms. The van der Waals surface area contributed by atoms with Crippen molar-refractivity contribution in [1.82, 2.24) is 4.31 Å². The van der Waals surface area contributed by atoms with E-state index in [1.165, 1.54) is 4.31 Å². The standard InChI is InChI=1S/C16H23NO4S/c1-13(18)5-6-14-7-9-15(10-8-14)21-22(19,20)17-12-4-11-16(17,2)3/h7-10H,4-6,11-12H2,1-3H3. The number of hydrogen-bond acceptors (Lipinski definition) is 4. The number of ketones is 1. The van der Waals surface area contributed by atoms with Crippen LogP contribution in [0.5, 0.6) is 5.75 Å². The maximum atomic E-state index is 12.4. The average molecular weight is 325 g/mol. The molecule has 0 amide bonds. The largest absolute Gasteiger partial charge is 0.385 e. The van der Waals surface area contributed by atoms with Crippen molar-refractivity contribution in [3.8, 4) is 5.75 Å². The zero-order valence-electron chi connectivity index (χ0n) is 13.3. The molecule has 1 heterocycles. The lowest BCUT2D eigenvalue weighted by Crippen LogP contribution is -2.44. The molecule has 0 N–H and O–H groups in total. The summed E-state index contributed by atoms with van der Waals surface area (Å²) in [6.45, 7) is 5.87. The Morgan fingerprint density at radius 3 is 2.41 bits per heavy atom. The van der Waals surface area contributed by atoms with Crippen molar-refractivity contribution in [2.75, 3.05) is 6.54 Å². The molecule has 0 saturated carbocycles. The van der Waals surface area contributed by atoms with Crippen LogP contribution in [0, 0.1) is 0 Å². The fourth-order valence-corrected chi connectivity index (χ4v) is 4.19. The Morgan fingerprint density at radius 2 is 1.91 bits per heavy atom. The molecule has 1 aromatic rings. The molecule has 1 aromatic carbocycles. The molecular weight excluding hydrogens is 302 g/mol. The summed E-state index contributed by atoms with van der Waals surface area (Å²) in [6, 6.07) is 6.86. The van der Waals surface area contributed by atoms with Crippen molar-refractivity contribution in [2.24, 2.45) is 0 Å². The molecule has 5 nitrogen and oxygen atoms in total. The van der Waals surface area contributed by atoms with E-state index < -0.39 is 15.8 Å². The molecule has 0 radical (unpaired) electrons. The highest BCUT2D eigenvalue weighted by Crippen LogP contribution is 2.32. The van der Waals surface area contributed by atoms with Gasteiger partial charge in [-0.05, 0) is 57.7 Å². The van der Waals surface area contributed by atoms with Gasteiger partial charge in [-0.3, -0.25) is 0 Å². The summed E-state index contributed by atoms with van der Waals surface area (Å²) in [5.41, 5.74) is 0.585. The van der Waals surface area contributed by atoms with Crippen molar-refractivity contribution in [2.45, 2.75) is 52.0 Å². The fraction of sp³-hybridized carbons (Fsp3) is 0.562.